The fourth-order valence-corrected chi connectivity index (χ4v) is 1.87. The van der Waals surface area contributed by atoms with Crippen molar-refractivity contribution in [1.29, 1.82) is 0 Å². The quantitative estimate of drug-likeness (QED) is 0.845. The maximum atomic E-state index is 11.8. The number of amides is 1. The zero-order valence-corrected chi connectivity index (χ0v) is 10.6. The molecule has 0 saturated heterocycles. The van der Waals surface area contributed by atoms with Crippen molar-refractivity contribution in [3.05, 3.63) is 16.3 Å². The Labute approximate surface area is 110 Å². The molecule has 106 valence electrons. The molecule has 0 spiro atoms. The molecule has 0 saturated carbocycles. The number of esters is 1. The fourth-order valence-electron chi connectivity index (χ4n) is 1.10. The van der Waals surface area contributed by atoms with E-state index in [9.17, 15) is 22.8 Å². The van der Waals surface area contributed by atoms with Gasteiger partial charge in [0.05, 0.1) is 12.8 Å². The second-order valence-corrected chi connectivity index (χ2v) is 4.23. The first kappa shape index (κ1) is 15.4. The van der Waals surface area contributed by atoms with Gasteiger partial charge in [0.2, 0.25) is 5.91 Å². The highest BCUT2D eigenvalue weighted by molar-refractivity contribution is 7.12. The number of alkyl halides is 3. The third kappa shape index (κ3) is 5.26. The number of halogens is 3. The average molecular weight is 297 g/mol. The zero-order chi connectivity index (χ0) is 14.5. The van der Waals surface area contributed by atoms with Gasteiger partial charge in [-0.05, 0) is 11.4 Å². The van der Waals surface area contributed by atoms with Crippen molar-refractivity contribution < 1.29 is 32.2 Å². The van der Waals surface area contributed by atoms with Gasteiger partial charge in [-0.15, -0.1) is 11.3 Å². The standard InChI is InChI=1S/C10H10F3NO4S/c1-17-9(16)8-6(2-3-19-8)14-7(15)4-18-5-10(11,12)13/h2-3H,4-5H2,1H3,(H,14,15). The number of nitrogens with one attached hydrogen (secondary N) is 1. The molecular formula is C10H10F3NO4S. The maximum Gasteiger partial charge on any atom is 0.411 e. The second-order valence-electron chi connectivity index (χ2n) is 3.31. The van der Waals surface area contributed by atoms with Gasteiger partial charge < -0.3 is 14.8 Å². The maximum absolute atomic E-state index is 11.8. The van der Waals surface area contributed by atoms with E-state index in [0.29, 0.717) is 0 Å². The van der Waals surface area contributed by atoms with Crippen LogP contribution in [0.1, 0.15) is 9.67 Å². The largest absolute Gasteiger partial charge is 0.465 e. The van der Waals surface area contributed by atoms with Crippen LogP contribution in [0, 0.1) is 0 Å². The van der Waals surface area contributed by atoms with Gasteiger partial charge in [-0.25, -0.2) is 4.79 Å². The van der Waals surface area contributed by atoms with Crippen molar-refractivity contribution >= 4 is 28.9 Å². The van der Waals surface area contributed by atoms with E-state index in [0.717, 1.165) is 11.3 Å². The highest BCUT2D eigenvalue weighted by Gasteiger charge is 2.27. The van der Waals surface area contributed by atoms with E-state index in [1.165, 1.54) is 13.2 Å². The van der Waals surface area contributed by atoms with Crippen LogP contribution in [-0.2, 0) is 14.3 Å². The Morgan fingerprint density at radius 3 is 2.68 bits per heavy atom. The molecule has 0 aliphatic heterocycles. The summed E-state index contributed by atoms with van der Waals surface area (Å²) in [4.78, 5) is 22.7. The lowest BCUT2D eigenvalue weighted by molar-refractivity contribution is -0.174. The van der Waals surface area contributed by atoms with Gasteiger partial charge in [0, 0.05) is 0 Å². The monoisotopic (exact) mass is 297 g/mol. The first-order valence-electron chi connectivity index (χ1n) is 4.93. The molecule has 19 heavy (non-hydrogen) atoms. The molecule has 0 unspecified atom stereocenters. The average Bonchev–Trinajstić information content (AvgIpc) is 2.74. The van der Waals surface area contributed by atoms with Crippen molar-refractivity contribution in [3.8, 4) is 0 Å². The van der Waals surface area contributed by atoms with Crippen molar-refractivity contribution in [1.82, 2.24) is 0 Å². The van der Waals surface area contributed by atoms with E-state index in [1.54, 1.807) is 5.38 Å². The van der Waals surface area contributed by atoms with Crippen LogP contribution < -0.4 is 5.32 Å². The van der Waals surface area contributed by atoms with Crippen LogP contribution in [0.3, 0.4) is 0 Å². The minimum absolute atomic E-state index is 0.159. The molecule has 1 heterocycles. The van der Waals surface area contributed by atoms with Crippen LogP contribution in [0.4, 0.5) is 18.9 Å². The smallest absolute Gasteiger partial charge is 0.411 e. The summed E-state index contributed by atoms with van der Waals surface area (Å²) in [5.41, 5.74) is 0.178. The van der Waals surface area contributed by atoms with Gasteiger partial charge >= 0.3 is 12.1 Å². The molecule has 1 aromatic rings. The van der Waals surface area contributed by atoms with Gasteiger partial charge in [0.1, 0.15) is 18.1 Å². The van der Waals surface area contributed by atoms with Crippen LogP contribution >= 0.6 is 11.3 Å². The number of carbonyl (C=O) groups is 2. The zero-order valence-electron chi connectivity index (χ0n) is 9.74. The molecule has 0 atom stereocenters. The summed E-state index contributed by atoms with van der Waals surface area (Å²) < 4.78 is 44.0. The number of ether oxygens (including phenoxy) is 2. The minimum atomic E-state index is -4.49. The first-order chi connectivity index (χ1) is 8.83. The summed E-state index contributed by atoms with van der Waals surface area (Å²) in [6.45, 7) is -2.26. The normalized spacial score (nSPS) is 11.2. The third-order valence-corrected chi connectivity index (χ3v) is 2.70. The summed E-state index contributed by atoms with van der Waals surface area (Å²) in [6, 6.07) is 1.44. The molecule has 1 amide bonds. The molecule has 0 bridgehead atoms. The lowest BCUT2D eigenvalue weighted by Gasteiger charge is -2.08. The van der Waals surface area contributed by atoms with Crippen LogP contribution in [0.5, 0.6) is 0 Å². The van der Waals surface area contributed by atoms with E-state index in [4.69, 9.17) is 0 Å². The molecular weight excluding hydrogens is 287 g/mol. The SMILES string of the molecule is COC(=O)c1sccc1NC(=O)COCC(F)(F)F. The van der Waals surface area contributed by atoms with E-state index < -0.39 is 31.3 Å². The van der Waals surface area contributed by atoms with Gasteiger partial charge in [0.25, 0.3) is 0 Å². The van der Waals surface area contributed by atoms with Crippen LogP contribution in [0.2, 0.25) is 0 Å². The number of methoxy groups -OCH3 is 1. The van der Waals surface area contributed by atoms with E-state index in [-0.39, 0.29) is 10.6 Å². The van der Waals surface area contributed by atoms with Crippen molar-refractivity contribution in [2.24, 2.45) is 0 Å². The molecule has 1 rings (SSSR count). The Hall–Kier alpha value is -1.61. The highest BCUT2D eigenvalue weighted by atomic mass is 32.1. The summed E-state index contributed by atoms with van der Waals surface area (Å²) in [7, 11) is 1.18. The molecule has 0 fully saturated rings. The molecule has 0 aliphatic rings. The van der Waals surface area contributed by atoms with Crippen LogP contribution in [0.15, 0.2) is 11.4 Å². The Balaban J connectivity index is 2.49. The van der Waals surface area contributed by atoms with Gasteiger partial charge in [0.15, 0.2) is 0 Å². The summed E-state index contributed by atoms with van der Waals surface area (Å²) >= 11 is 1.04. The third-order valence-electron chi connectivity index (χ3n) is 1.81. The second kappa shape index (κ2) is 6.53. The topological polar surface area (TPSA) is 64.6 Å². The molecule has 0 aliphatic carbocycles. The Morgan fingerprint density at radius 2 is 2.11 bits per heavy atom. The number of thiophene rings is 1. The van der Waals surface area contributed by atoms with E-state index in [1.807, 2.05) is 0 Å². The minimum Gasteiger partial charge on any atom is -0.465 e. The molecule has 0 radical (unpaired) electrons. The summed E-state index contributed by atoms with van der Waals surface area (Å²) in [6.07, 6.45) is -4.49. The van der Waals surface area contributed by atoms with Gasteiger partial charge in [-0.3, -0.25) is 4.79 Å². The number of carbonyl (C=O) groups excluding carboxylic acids is 2. The Bertz CT molecular complexity index is 458. The molecule has 1 aromatic heterocycles. The molecule has 1 N–H and O–H groups in total. The predicted molar refractivity (Wildman–Crippen MR) is 61.2 cm³/mol. The molecule has 0 aromatic carbocycles. The van der Waals surface area contributed by atoms with E-state index >= 15 is 0 Å². The van der Waals surface area contributed by atoms with Crippen molar-refractivity contribution in [2.45, 2.75) is 6.18 Å². The number of anilines is 1. The summed E-state index contributed by atoms with van der Waals surface area (Å²) in [5, 5.41) is 3.81. The van der Waals surface area contributed by atoms with Gasteiger partial charge in [-0.2, -0.15) is 13.2 Å². The molecule has 5 nitrogen and oxygen atoms in total. The van der Waals surface area contributed by atoms with Crippen molar-refractivity contribution in [3.63, 3.8) is 0 Å². The number of hydrogen-bond donors (Lipinski definition) is 1. The number of rotatable bonds is 5. The van der Waals surface area contributed by atoms with Gasteiger partial charge in [-0.1, -0.05) is 0 Å². The highest BCUT2D eigenvalue weighted by Crippen LogP contribution is 2.23. The van der Waals surface area contributed by atoms with Crippen molar-refractivity contribution in [2.75, 3.05) is 25.6 Å². The Morgan fingerprint density at radius 1 is 1.42 bits per heavy atom. The van der Waals surface area contributed by atoms with E-state index in [2.05, 4.69) is 14.8 Å². The fraction of sp³-hybridized carbons (Fsp3) is 0.400. The Kier molecular flexibility index (Phi) is 5.31. The predicted octanol–water partition coefficient (Wildman–Crippen LogP) is 2.05. The lowest BCUT2D eigenvalue weighted by atomic mass is 10.4. The van der Waals surface area contributed by atoms with Crippen LogP contribution in [-0.4, -0.2) is 38.4 Å². The summed E-state index contributed by atoms with van der Waals surface area (Å²) in [5.74, 6) is -1.42. The number of hydrogen-bond acceptors (Lipinski definition) is 5. The lowest BCUT2D eigenvalue weighted by Crippen LogP contribution is -2.24. The van der Waals surface area contributed by atoms with Crippen LogP contribution in [0.25, 0.3) is 0 Å². The molecule has 9 heteroatoms. The first-order valence-corrected chi connectivity index (χ1v) is 5.81.